The van der Waals surface area contributed by atoms with Crippen molar-refractivity contribution >= 4 is 11.6 Å². The van der Waals surface area contributed by atoms with E-state index in [-0.39, 0.29) is 25.5 Å². The lowest BCUT2D eigenvalue weighted by Crippen LogP contribution is -2.35. The second-order valence-corrected chi connectivity index (χ2v) is 11.6. The van der Waals surface area contributed by atoms with Crippen molar-refractivity contribution in [2.45, 2.75) is 44.3 Å². The Labute approximate surface area is 284 Å². The Balaban J connectivity index is 0.000000653. The monoisotopic (exact) mass is 645 g/mol. The van der Waals surface area contributed by atoms with Gasteiger partial charge in [0.1, 0.15) is 12.8 Å². The third-order valence-corrected chi connectivity index (χ3v) is 7.09. The lowest BCUT2D eigenvalue weighted by molar-refractivity contribution is 0.220. The van der Waals surface area contributed by atoms with Crippen molar-refractivity contribution in [3.05, 3.63) is 108 Å². The van der Waals surface area contributed by atoms with Crippen LogP contribution in [0.5, 0.6) is 0 Å². The predicted octanol–water partition coefficient (Wildman–Crippen LogP) is 7.30. The van der Waals surface area contributed by atoms with Crippen molar-refractivity contribution in [2.24, 2.45) is 0 Å². The summed E-state index contributed by atoms with van der Waals surface area (Å²) in [4.78, 5) is 5.74. The Kier molecular flexibility index (Phi) is 24.5. The van der Waals surface area contributed by atoms with E-state index in [1.54, 1.807) is 0 Å². The number of rotatable bonds is 15. The van der Waals surface area contributed by atoms with Crippen LogP contribution in [0.15, 0.2) is 91.0 Å². The van der Waals surface area contributed by atoms with Gasteiger partial charge < -0.3 is 0 Å². The van der Waals surface area contributed by atoms with Gasteiger partial charge in [-0.25, -0.2) is 8.78 Å². The predicted molar refractivity (Wildman–Crippen MR) is 196 cm³/mol. The normalized spacial score (nSPS) is 12.1. The summed E-state index contributed by atoms with van der Waals surface area (Å²) in [7, 11) is 5.67. The van der Waals surface area contributed by atoms with Gasteiger partial charge in [-0.3, -0.25) is 14.7 Å². The largest absolute Gasteiger partial charge is 0.294 e. The Morgan fingerprint density at radius 1 is 0.630 bits per heavy atom. The molecule has 3 aromatic carbocycles. The number of hydrogen-bond donors (Lipinski definition) is 0. The van der Waals surface area contributed by atoms with E-state index < -0.39 is 6.17 Å². The Hall–Kier alpha value is -3.63. The lowest BCUT2D eigenvalue weighted by atomic mass is 10.1. The van der Waals surface area contributed by atoms with E-state index in [1.165, 1.54) is 5.56 Å². The van der Waals surface area contributed by atoms with Crippen LogP contribution in [0.1, 0.15) is 24.1 Å². The van der Waals surface area contributed by atoms with Gasteiger partial charge in [0.25, 0.3) is 0 Å². The zero-order chi connectivity index (χ0) is 33.3. The van der Waals surface area contributed by atoms with Gasteiger partial charge in [-0.1, -0.05) is 116 Å². The molecule has 0 N–H and O–H groups in total. The molecule has 6 heteroatoms. The van der Waals surface area contributed by atoms with Crippen molar-refractivity contribution in [2.75, 3.05) is 60.5 Å². The molecule has 0 saturated carbocycles. The second kappa shape index (κ2) is 26.6. The van der Waals surface area contributed by atoms with Crippen molar-refractivity contribution in [1.29, 1.82) is 0 Å². The van der Waals surface area contributed by atoms with Crippen LogP contribution in [0.3, 0.4) is 0 Å². The minimum absolute atomic E-state index is 0. The van der Waals surface area contributed by atoms with Crippen LogP contribution in [-0.2, 0) is 19.3 Å². The molecule has 0 fully saturated rings. The van der Waals surface area contributed by atoms with Gasteiger partial charge in [-0.2, -0.15) is 0 Å². The second-order valence-electron chi connectivity index (χ2n) is 11.0. The number of halogens is 3. The summed E-state index contributed by atoms with van der Waals surface area (Å²) in [6.07, 6.45) is 16.8. The first kappa shape index (κ1) is 42.4. The molecule has 46 heavy (non-hydrogen) atoms. The zero-order valence-electron chi connectivity index (χ0n) is 27.0. The van der Waals surface area contributed by atoms with E-state index in [4.69, 9.17) is 30.9 Å². The summed E-state index contributed by atoms with van der Waals surface area (Å²) < 4.78 is 26.4. The van der Waals surface area contributed by atoms with Gasteiger partial charge in [0.05, 0.1) is 25.0 Å². The van der Waals surface area contributed by atoms with Crippen molar-refractivity contribution in [1.82, 2.24) is 14.7 Å². The third-order valence-electron chi connectivity index (χ3n) is 6.80. The van der Waals surface area contributed by atoms with E-state index >= 15 is 0 Å². The van der Waals surface area contributed by atoms with Gasteiger partial charge in [-0.05, 0) is 50.7 Å². The van der Waals surface area contributed by atoms with E-state index in [0.717, 1.165) is 24.1 Å². The van der Waals surface area contributed by atoms with E-state index in [2.05, 4.69) is 34.8 Å². The first-order valence-corrected chi connectivity index (χ1v) is 15.5. The molecule has 3 atom stereocenters. The molecule has 1 unspecified atom stereocenters. The van der Waals surface area contributed by atoms with Crippen LogP contribution < -0.4 is 0 Å². The minimum atomic E-state index is -0.856. The summed E-state index contributed by atoms with van der Waals surface area (Å²) in [6.45, 7) is 2.47. The van der Waals surface area contributed by atoms with E-state index in [1.807, 2.05) is 110 Å². The summed E-state index contributed by atoms with van der Waals surface area (Å²) >= 11 is 6.24. The standard InChI is InChI=1S/C13H16ClN.2C13H16FN.CH4/c2*1-3-9-15(2)11-13(14)10-12-7-5-4-6-8-12;1-3-9-15(2)13(11-14)10-12-7-5-4-6-8-12;/h3*1,4-8,13H,9-11H2,2H3;1H4/t13-;;13-;/m1.0./s1/i;2*14-1;. The fourth-order valence-electron chi connectivity index (χ4n) is 4.47. The Bertz CT molecular complexity index is 1200. The molecule has 0 aliphatic rings. The molecule has 0 heterocycles. The van der Waals surface area contributed by atoms with Crippen LogP contribution in [0.2, 0.25) is 0 Å². The summed E-state index contributed by atoms with van der Waals surface area (Å²) in [5.41, 5.74) is 3.44. The molecule has 0 bridgehead atoms. The summed E-state index contributed by atoms with van der Waals surface area (Å²) in [6, 6.07) is 29.7. The minimum Gasteiger partial charge on any atom is -0.294 e. The average molecular weight is 646 g/mol. The van der Waals surface area contributed by atoms with Crippen molar-refractivity contribution < 1.29 is 8.78 Å². The number of alkyl halides is 3. The molecule has 248 valence electrons. The van der Waals surface area contributed by atoms with Gasteiger partial charge >= 0.3 is 0 Å². The highest BCUT2D eigenvalue weighted by Gasteiger charge is 2.14. The molecule has 0 amide bonds. The van der Waals surface area contributed by atoms with Crippen LogP contribution in [0, 0.1) is 37.0 Å². The Morgan fingerprint density at radius 2 is 1.02 bits per heavy atom. The lowest BCUT2D eigenvalue weighted by Gasteiger charge is -2.23. The quantitative estimate of drug-likeness (QED) is 0.127. The number of nitrogens with zero attached hydrogens (tertiary/aromatic N) is 3. The molecule has 3 rings (SSSR count). The molecular formula is C40H52ClF2N3. The van der Waals surface area contributed by atoms with Crippen LogP contribution in [0.4, 0.5) is 8.78 Å². The highest BCUT2D eigenvalue weighted by molar-refractivity contribution is 6.20. The maximum Gasteiger partial charge on any atom is 0.117 e. The maximum absolute atomic E-state index is 13.6. The third kappa shape index (κ3) is 20.4. The first-order chi connectivity index (χ1) is 21.7. The molecular weight excluding hydrogens is 594 g/mol. The van der Waals surface area contributed by atoms with Gasteiger partial charge in [0, 0.05) is 25.6 Å². The maximum atomic E-state index is 13.6. The van der Waals surface area contributed by atoms with Crippen LogP contribution in [0.25, 0.3) is 0 Å². The smallest absolute Gasteiger partial charge is 0.117 e. The molecule has 0 saturated heterocycles. The topological polar surface area (TPSA) is 9.72 Å². The molecule has 3 nitrogen and oxygen atoms in total. The van der Waals surface area contributed by atoms with Crippen molar-refractivity contribution in [3.8, 4) is 37.0 Å². The molecule has 0 spiro atoms. The van der Waals surface area contributed by atoms with E-state index in [0.29, 0.717) is 39.0 Å². The van der Waals surface area contributed by atoms with Gasteiger partial charge in [0.15, 0.2) is 0 Å². The number of likely N-dealkylation sites (N-methyl/N-ethyl adjacent to an activating group) is 1. The van der Waals surface area contributed by atoms with Crippen LogP contribution in [-0.4, -0.2) is 92.8 Å². The number of terminal acetylenes is 3. The Morgan fingerprint density at radius 3 is 1.43 bits per heavy atom. The zero-order valence-corrected chi connectivity index (χ0v) is 27.7. The fraction of sp³-hybridized carbons (Fsp3) is 0.400. The van der Waals surface area contributed by atoms with Crippen molar-refractivity contribution in [3.63, 3.8) is 0 Å². The SMILES string of the molecule is C.C#CCN(C)CC([18F])Cc1ccccc1.C#CCN(C)C[C@H](Cl)Cc1ccccc1.C#CCN(C)[C@H](C[18F])Cc1ccccc1. The highest BCUT2D eigenvalue weighted by atomic mass is 35.5. The van der Waals surface area contributed by atoms with E-state index in [9.17, 15) is 8.78 Å². The van der Waals surface area contributed by atoms with Gasteiger partial charge in [-0.15, -0.1) is 30.9 Å². The highest BCUT2D eigenvalue weighted by Crippen LogP contribution is 2.10. The molecule has 0 aliphatic carbocycles. The van der Waals surface area contributed by atoms with Gasteiger partial charge in [0.2, 0.25) is 0 Å². The number of benzene rings is 3. The molecule has 0 aliphatic heterocycles. The summed E-state index contributed by atoms with van der Waals surface area (Å²) in [5.74, 6) is 7.63. The molecule has 0 aromatic heterocycles. The number of hydrogen-bond acceptors (Lipinski definition) is 3. The van der Waals surface area contributed by atoms with Crippen LogP contribution >= 0.6 is 11.6 Å². The fourth-order valence-corrected chi connectivity index (χ4v) is 4.89. The average Bonchev–Trinajstić information content (AvgIpc) is 3.02. The molecule has 0 radical (unpaired) electrons. The first-order valence-electron chi connectivity index (χ1n) is 15.1. The summed E-state index contributed by atoms with van der Waals surface area (Å²) in [5, 5.41) is 0.116. The molecule has 3 aromatic rings.